The molecule has 0 aromatic carbocycles. The van der Waals surface area contributed by atoms with Crippen LogP contribution in [0.4, 0.5) is 0 Å². The predicted octanol–water partition coefficient (Wildman–Crippen LogP) is 2.18. The Bertz CT molecular complexity index is 470. The Morgan fingerprint density at radius 1 is 1.26 bits per heavy atom. The lowest BCUT2D eigenvalue weighted by Gasteiger charge is -2.32. The lowest BCUT2D eigenvalue weighted by molar-refractivity contribution is 0.00578. The van der Waals surface area contributed by atoms with E-state index in [2.05, 4.69) is 4.98 Å². The van der Waals surface area contributed by atoms with Gasteiger partial charge in [0.2, 0.25) is 0 Å². The summed E-state index contributed by atoms with van der Waals surface area (Å²) in [5, 5.41) is 0. The van der Waals surface area contributed by atoms with Crippen molar-refractivity contribution in [2.75, 3.05) is 0 Å². The van der Waals surface area contributed by atoms with E-state index in [0.29, 0.717) is 6.54 Å². The fourth-order valence-electron chi connectivity index (χ4n) is 1.91. The van der Waals surface area contributed by atoms with Gasteiger partial charge in [-0.05, 0) is 45.4 Å². The maximum atomic E-state index is 5.89. The quantitative estimate of drug-likeness (QED) is 0.846. The lowest BCUT2D eigenvalue weighted by atomic mass is 9.89. The van der Waals surface area contributed by atoms with Crippen LogP contribution in [0.3, 0.4) is 0 Å². The van der Waals surface area contributed by atoms with Gasteiger partial charge in [-0.15, -0.1) is 0 Å². The molecule has 1 aromatic heterocycles. The fourth-order valence-corrected chi connectivity index (χ4v) is 1.91. The van der Waals surface area contributed by atoms with Gasteiger partial charge >= 0.3 is 7.12 Å². The molecule has 19 heavy (non-hydrogen) atoms. The molecule has 1 fully saturated rings. The Labute approximate surface area is 115 Å². The summed E-state index contributed by atoms with van der Waals surface area (Å²) < 4.78 is 11.8. The zero-order valence-corrected chi connectivity index (χ0v) is 12.0. The van der Waals surface area contributed by atoms with Gasteiger partial charge in [-0.1, -0.05) is 12.0 Å². The topological polar surface area (TPSA) is 57.4 Å². The third-order valence-corrected chi connectivity index (χ3v) is 3.83. The second-order valence-corrected chi connectivity index (χ2v) is 5.74. The molecule has 0 unspecified atom stereocenters. The number of pyridine rings is 1. The normalized spacial score (nSPS) is 21.2. The Morgan fingerprint density at radius 2 is 1.89 bits per heavy atom. The summed E-state index contributed by atoms with van der Waals surface area (Å²) >= 11 is 0. The summed E-state index contributed by atoms with van der Waals surface area (Å²) in [6.07, 6.45) is 3.66. The van der Waals surface area contributed by atoms with Crippen molar-refractivity contribution in [3.8, 4) is 0 Å². The highest BCUT2D eigenvalue weighted by molar-refractivity contribution is 6.52. The van der Waals surface area contributed by atoms with Crippen LogP contribution in [0, 0.1) is 0 Å². The van der Waals surface area contributed by atoms with Crippen LogP contribution in [0.15, 0.2) is 24.3 Å². The lowest BCUT2D eigenvalue weighted by Crippen LogP contribution is -2.41. The number of hydrogen-bond acceptors (Lipinski definition) is 4. The number of rotatable bonds is 3. The van der Waals surface area contributed by atoms with Crippen molar-refractivity contribution in [1.82, 2.24) is 4.98 Å². The monoisotopic (exact) mass is 260 g/mol. The maximum Gasteiger partial charge on any atom is 0.487 e. The second-order valence-electron chi connectivity index (χ2n) is 5.74. The molecule has 2 heterocycles. The van der Waals surface area contributed by atoms with Crippen molar-refractivity contribution in [2.24, 2.45) is 5.73 Å². The minimum atomic E-state index is -0.349. The summed E-state index contributed by atoms with van der Waals surface area (Å²) in [5.41, 5.74) is 6.92. The average molecular weight is 260 g/mol. The standard InChI is InChI=1S/C14H21BN2O2/c1-13(2)14(3,4)19-15(18-13)8-7-12-11(10-16)6-5-9-17-12/h5-9H,10,16H2,1-4H3/b8-7+. The SMILES string of the molecule is CC1(C)OB(/C=C/c2ncccc2CN)OC1(C)C. The molecule has 1 aliphatic rings. The first-order valence-corrected chi connectivity index (χ1v) is 6.53. The molecule has 0 bridgehead atoms. The van der Waals surface area contributed by atoms with Gasteiger partial charge in [0.05, 0.1) is 16.9 Å². The minimum absolute atomic E-state index is 0.317. The van der Waals surface area contributed by atoms with Gasteiger partial charge in [-0.25, -0.2) is 0 Å². The molecular formula is C14H21BN2O2. The molecule has 5 heteroatoms. The smallest absolute Gasteiger partial charge is 0.400 e. The number of nitrogens with zero attached hydrogens (tertiary/aromatic N) is 1. The Hall–Kier alpha value is -1.17. The van der Waals surface area contributed by atoms with Crippen molar-refractivity contribution < 1.29 is 9.31 Å². The average Bonchev–Trinajstić information content (AvgIpc) is 2.55. The van der Waals surface area contributed by atoms with Crippen molar-refractivity contribution in [1.29, 1.82) is 0 Å². The molecule has 2 N–H and O–H groups in total. The Balaban J connectivity index is 2.13. The van der Waals surface area contributed by atoms with E-state index in [1.165, 1.54) is 0 Å². The van der Waals surface area contributed by atoms with Gasteiger partial charge in [-0.3, -0.25) is 4.98 Å². The molecule has 2 rings (SSSR count). The highest BCUT2D eigenvalue weighted by Crippen LogP contribution is 2.36. The van der Waals surface area contributed by atoms with Gasteiger partial charge in [0, 0.05) is 12.7 Å². The molecule has 0 spiro atoms. The first-order chi connectivity index (χ1) is 8.86. The van der Waals surface area contributed by atoms with Gasteiger partial charge in [-0.2, -0.15) is 0 Å². The van der Waals surface area contributed by atoms with E-state index in [1.807, 2.05) is 51.9 Å². The minimum Gasteiger partial charge on any atom is -0.400 e. The van der Waals surface area contributed by atoms with Crippen LogP contribution in [-0.2, 0) is 15.9 Å². The summed E-state index contributed by atoms with van der Waals surface area (Å²) in [7, 11) is -0.349. The molecule has 0 atom stereocenters. The van der Waals surface area contributed by atoms with E-state index >= 15 is 0 Å². The van der Waals surface area contributed by atoms with Crippen LogP contribution in [0.25, 0.3) is 6.08 Å². The van der Waals surface area contributed by atoms with Gasteiger partial charge in [0.25, 0.3) is 0 Å². The van der Waals surface area contributed by atoms with Crippen molar-refractivity contribution in [2.45, 2.75) is 45.4 Å². The number of nitrogens with two attached hydrogens (primary N) is 1. The van der Waals surface area contributed by atoms with Crippen LogP contribution in [-0.4, -0.2) is 23.3 Å². The summed E-state index contributed by atoms with van der Waals surface area (Å²) in [6.45, 7) is 8.61. The second kappa shape index (κ2) is 5.08. The van der Waals surface area contributed by atoms with Crippen molar-refractivity contribution >= 4 is 13.2 Å². The molecule has 0 amide bonds. The largest absolute Gasteiger partial charge is 0.487 e. The van der Waals surface area contributed by atoms with Gasteiger partial charge in [0.15, 0.2) is 0 Å². The molecule has 0 aliphatic carbocycles. The summed E-state index contributed by atoms with van der Waals surface area (Å²) in [4.78, 5) is 4.31. The molecule has 1 saturated heterocycles. The van der Waals surface area contributed by atoms with E-state index in [1.54, 1.807) is 6.20 Å². The molecule has 102 valence electrons. The van der Waals surface area contributed by atoms with Crippen LogP contribution >= 0.6 is 0 Å². The Morgan fingerprint density at radius 3 is 2.47 bits per heavy atom. The highest BCUT2D eigenvalue weighted by atomic mass is 16.7. The molecular weight excluding hydrogens is 239 g/mol. The molecule has 1 aliphatic heterocycles. The van der Waals surface area contributed by atoms with E-state index in [9.17, 15) is 0 Å². The fraction of sp³-hybridized carbons (Fsp3) is 0.500. The van der Waals surface area contributed by atoms with E-state index in [-0.39, 0.29) is 18.3 Å². The van der Waals surface area contributed by atoms with Crippen LogP contribution < -0.4 is 5.73 Å². The van der Waals surface area contributed by atoms with Gasteiger partial charge in [0.1, 0.15) is 0 Å². The molecule has 4 nitrogen and oxygen atoms in total. The third kappa shape index (κ3) is 2.89. The Kier molecular flexibility index (Phi) is 3.81. The van der Waals surface area contributed by atoms with Crippen molar-refractivity contribution in [3.05, 3.63) is 35.6 Å². The first kappa shape index (κ1) is 14.2. The first-order valence-electron chi connectivity index (χ1n) is 6.53. The summed E-state index contributed by atoms with van der Waals surface area (Å²) in [6, 6.07) is 3.85. The van der Waals surface area contributed by atoms with E-state index in [0.717, 1.165) is 11.3 Å². The van der Waals surface area contributed by atoms with Crippen molar-refractivity contribution in [3.63, 3.8) is 0 Å². The number of aromatic nitrogens is 1. The predicted molar refractivity (Wildman–Crippen MR) is 77.2 cm³/mol. The van der Waals surface area contributed by atoms with Crippen LogP contribution in [0.2, 0.25) is 0 Å². The molecule has 0 radical (unpaired) electrons. The number of hydrogen-bond donors (Lipinski definition) is 1. The highest BCUT2D eigenvalue weighted by Gasteiger charge is 2.49. The van der Waals surface area contributed by atoms with Crippen LogP contribution in [0.1, 0.15) is 39.0 Å². The summed E-state index contributed by atoms with van der Waals surface area (Å²) in [5.74, 6) is 1.89. The zero-order valence-electron chi connectivity index (χ0n) is 12.0. The molecule has 1 aromatic rings. The van der Waals surface area contributed by atoms with E-state index in [4.69, 9.17) is 15.0 Å². The van der Waals surface area contributed by atoms with Crippen LogP contribution in [0.5, 0.6) is 0 Å². The zero-order chi connectivity index (χ0) is 14.1. The molecule has 0 saturated carbocycles. The maximum absolute atomic E-state index is 5.89. The third-order valence-electron chi connectivity index (χ3n) is 3.83. The van der Waals surface area contributed by atoms with Gasteiger partial charge < -0.3 is 15.0 Å². The van der Waals surface area contributed by atoms with E-state index < -0.39 is 0 Å².